The molecule has 0 bridgehead atoms. The molecule has 0 unspecified atom stereocenters. The lowest BCUT2D eigenvalue weighted by molar-refractivity contribution is -0.119. The van der Waals surface area contributed by atoms with Gasteiger partial charge in [0.1, 0.15) is 0 Å². The van der Waals surface area contributed by atoms with Crippen LogP contribution in [0.4, 0.5) is 0 Å². The number of carbonyl (C=O) groups is 1. The van der Waals surface area contributed by atoms with E-state index in [4.69, 9.17) is 9.47 Å². The highest BCUT2D eigenvalue weighted by Crippen LogP contribution is 2.32. The zero-order valence-corrected chi connectivity index (χ0v) is 15.2. The van der Waals surface area contributed by atoms with Gasteiger partial charge in [-0.25, -0.2) is 4.98 Å². The minimum atomic E-state index is 0.204. The number of nitrogens with one attached hydrogen (secondary N) is 1. The molecule has 1 aromatic carbocycles. The highest BCUT2D eigenvalue weighted by Gasteiger charge is 2.09. The Morgan fingerprint density at radius 1 is 1.12 bits per heavy atom. The molecule has 7 nitrogen and oxygen atoms in total. The molecule has 3 aromatic rings. The number of ether oxygens (including phenoxy) is 2. The van der Waals surface area contributed by atoms with Crippen molar-refractivity contribution in [2.24, 2.45) is 7.05 Å². The van der Waals surface area contributed by atoms with Crippen molar-refractivity contribution >= 4 is 16.9 Å². The van der Waals surface area contributed by atoms with Gasteiger partial charge in [0.25, 0.3) is 0 Å². The van der Waals surface area contributed by atoms with Crippen molar-refractivity contribution in [1.29, 1.82) is 0 Å². The molecular weight excluding hydrogens is 332 g/mol. The maximum absolute atomic E-state index is 10.1. The zero-order valence-electron chi connectivity index (χ0n) is 15.2. The zero-order chi connectivity index (χ0) is 18.5. The van der Waals surface area contributed by atoms with E-state index in [0.717, 1.165) is 41.7 Å². The first-order valence-electron chi connectivity index (χ1n) is 8.38. The van der Waals surface area contributed by atoms with Crippen molar-refractivity contribution in [3.05, 3.63) is 36.8 Å². The summed E-state index contributed by atoms with van der Waals surface area (Å²) in [5, 5.41) is 2.68. The number of fused-ring (bicyclic) bond motifs is 1. The van der Waals surface area contributed by atoms with Crippen LogP contribution in [0.15, 0.2) is 36.8 Å². The van der Waals surface area contributed by atoms with Crippen LogP contribution in [0.2, 0.25) is 0 Å². The van der Waals surface area contributed by atoms with Gasteiger partial charge in [0.2, 0.25) is 5.91 Å². The van der Waals surface area contributed by atoms with Crippen molar-refractivity contribution < 1.29 is 14.3 Å². The van der Waals surface area contributed by atoms with E-state index in [2.05, 4.69) is 15.3 Å². The van der Waals surface area contributed by atoms with E-state index < -0.39 is 0 Å². The first kappa shape index (κ1) is 17.7. The molecule has 1 N–H and O–H groups in total. The smallest absolute Gasteiger partial charge is 0.220 e. The Labute approximate surface area is 152 Å². The van der Waals surface area contributed by atoms with Crippen LogP contribution in [0, 0.1) is 0 Å². The van der Waals surface area contributed by atoms with Crippen LogP contribution in [-0.4, -0.2) is 41.2 Å². The van der Waals surface area contributed by atoms with Crippen molar-refractivity contribution in [2.75, 3.05) is 20.8 Å². The maximum atomic E-state index is 10.1. The number of amides is 1. The van der Waals surface area contributed by atoms with Crippen LogP contribution in [0.25, 0.3) is 22.3 Å². The lowest BCUT2D eigenvalue weighted by atomic mass is 10.1. The molecule has 26 heavy (non-hydrogen) atoms. The van der Waals surface area contributed by atoms with Crippen molar-refractivity contribution in [3.63, 3.8) is 0 Å². The SMILES string of the molecule is COc1ccc(-c2cc3ncn(C)c3cn2)cc1OC.O=C1CCCN1. The molecule has 0 aliphatic carbocycles. The van der Waals surface area contributed by atoms with Crippen LogP contribution in [-0.2, 0) is 11.8 Å². The third kappa shape index (κ3) is 3.77. The predicted octanol–water partition coefficient (Wildman–Crippen LogP) is 2.55. The molecule has 1 amide bonds. The number of aryl methyl sites for hydroxylation is 1. The number of nitrogens with zero attached hydrogens (tertiary/aromatic N) is 3. The molecule has 1 fully saturated rings. The number of pyridine rings is 1. The minimum Gasteiger partial charge on any atom is -0.493 e. The van der Waals surface area contributed by atoms with Gasteiger partial charge in [-0.15, -0.1) is 0 Å². The molecule has 1 saturated heterocycles. The summed E-state index contributed by atoms with van der Waals surface area (Å²) in [6.45, 7) is 0.888. The summed E-state index contributed by atoms with van der Waals surface area (Å²) in [5.74, 6) is 1.60. The van der Waals surface area contributed by atoms with Crippen molar-refractivity contribution in [3.8, 4) is 22.8 Å². The number of rotatable bonds is 3. The Kier molecular flexibility index (Phi) is 5.36. The van der Waals surface area contributed by atoms with E-state index in [1.54, 1.807) is 20.5 Å². The van der Waals surface area contributed by atoms with Gasteiger partial charge in [-0.3, -0.25) is 9.78 Å². The molecule has 0 spiro atoms. The van der Waals surface area contributed by atoms with E-state index in [0.29, 0.717) is 11.5 Å². The molecule has 1 aliphatic rings. The molecule has 3 heterocycles. The highest BCUT2D eigenvalue weighted by molar-refractivity contribution is 5.79. The summed E-state index contributed by atoms with van der Waals surface area (Å²) >= 11 is 0. The fourth-order valence-corrected chi connectivity index (χ4v) is 2.74. The molecule has 136 valence electrons. The summed E-state index contributed by atoms with van der Waals surface area (Å²) in [5.41, 5.74) is 3.76. The van der Waals surface area contributed by atoms with E-state index >= 15 is 0 Å². The average Bonchev–Trinajstić information content (AvgIpc) is 3.30. The number of carbonyl (C=O) groups excluding carboxylic acids is 1. The number of imidazole rings is 1. The fourth-order valence-electron chi connectivity index (χ4n) is 2.74. The van der Waals surface area contributed by atoms with Gasteiger partial charge in [0.15, 0.2) is 11.5 Å². The van der Waals surface area contributed by atoms with Crippen LogP contribution < -0.4 is 14.8 Å². The predicted molar refractivity (Wildman–Crippen MR) is 99.3 cm³/mol. The Balaban J connectivity index is 0.000000278. The van der Waals surface area contributed by atoms with Crippen LogP contribution in [0.5, 0.6) is 11.5 Å². The Morgan fingerprint density at radius 2 is 1.92 bits per heavy atom. The number of methoxy groups -OCH3 is 2. The standard InChI is InChI=1S/C15H15N3O2.C4H7NO/c1-18-9-17-12-7-11(16-8-13(12)18)10-4-5-14(19-2)15(6-10)20-3;6-4-2-1-3-5-4/h4-9H,1-3H3;1-3H2,(H,5,6). The molecule has 0 atom stereocenters. The van der Waals surface area contributed by atoms with Crippen molar-refractivity contribution in [1.82, 2.24) is 19.9 Å². The van der Waals surface area contributed by atoms with Crippen LogP contribution in [0.1, 0.15) is 12.8 Å². The van der Waals surface area contributed by atoms with Gasteiger partial charge in [-0.2, -0.15) is 0 Å². The lowest BCUT2D eigenvalue weighted by Crippen LogP contribution is -2.12. The number of hydrogen-bond donors (Lipinski definition) is 1. The molecule has 0 radical (unpaired) electrons. The lowest BCUT2D eigenvalue weighted by Gasteiger charge is -2.09. The summed E-state index contributed by atoms with van der Waals surface area (Å²) in [4.78, 5) is 19.0. The molecule has 4 rings (SSSR count). The fraction of sp³-hybridized carbons (Fsp3) is 0.316. The van der Waals surface area contributed by atoms with E-state index in [1.807, 2.05) is 42.1 Å². The third-order valence-electron chi connectivity index (χ3n) is 4.19. The Bertz CT molecular complexity index is 912. The van der Waals surface area contributed by atoms with Gasteiger partial charge in [-0.05, 0) is 30.7 Å². The Hall–Kier alpha value is -3.09. The van der Waals surface area contributed by atoms with Crippen LogP contribution in [0.3, 0.4) is 0 Å². The quantitative estimate of drug-likeness (QED) is 0.782. The molecular formula is C19H22N4O3. The molecule has 7 heteroatoms. The average molecular weight is 354 g/mol. The first-order valence-corrected chi connectivity index (χ1v) is 8.38. The third-order valence-corrected chi connectivity index (χ3v) is 4.19. The second kappa shape index (κ2) is 7.86. The maximum Gasteiger partial charge on any atom is 0.220 e. The highest BCUT2D eigenvalue weighted by atomic mass is 16.5. The van der Waals surface area contributed by atoms with Crippen molar-refractivity contribution in [2.45, 2.75) is 12.8 Å². The second-order valence-electron chi connectivity index (χ2n) is 5.94. The summed E-state index contributed by atoms with van der Waals surface area (Å²) in [6, 6.07) is 7.71. The van der Waals surface area contributed by atoms with Crippen LogP contribution >= 0.6 is 0 Å². The number of hydrogen-bond acceptors (Lipinski definition) is 5. The monoisotopic (exact) mass is 354 g/mol. The first-order chi connectivity index (χ1) is 12.6. The topological polar surface area (TPSA) is 78.3 Å². The second-order valence-corrected chi connectivity index (χ2v) is 5.94. The van der Waals surface area contributed by atoms with E-state index in [1.165, 1.54) is 0 Å². The minimum absolute atomic E-state index is 0.204. The van der Waals surface area contributed by atoms with E-state index in [9.17, 15) is 4.79 Å². The number of benzene rings is 1. The normalized spacial score (nSPS) is 13.1. The molecule has 2 aromatic heterocycles. The number of aromatic nitrogens is 3. The van der Waals surface area contributed by atoms with Gasteiger partial charge in [0, 0.05) is 25.6 Å². The summed E-state index contributed by atoms with van der Waals surface area (Å²) < 4.78 is 12.5. The van der Waals surface area contributed by atoms with Gasteiger partial charge >= 0.3 is 0 Å². The Morgan fingerprint density at radius 3 is 2.54 bits per heavy atom. The molecule has 1 aliphatic heterocycles. The van der Waals surface area contributed by atoms with Gasteiger partial charge in [0.05, 0.1) is 43.5 Å². The molecule has 0 saturated carbocycles. The van der Waals surface area contributed by atoms with Gasteiger partial charge < -0.3 is 19.4 Å². The summed E-state index contributed by atoms with van der Waals surface area (Å²) in [7, 11) is 5.19. The van der Waals surface area contributed by atoms with Gasteiger partial charge in [-0.1, -0.05) is 0 Å². The van der Waals surface area contributed by atoms with E-state index in [-0.39, 0.29) is 5.91 Å². The summed E-state index contributed by atoms with van der Waals surface area (Å²) in [6.07, 6.45) is 5.37. The largest absolute Gasteiger partial charge is 0.493 e.